The van der Waals surface area contributed by atoms with Crippen LogP contribution >= 0.6 is 0 Å². The lowest BCUT2D eigenvalue weighted by molar-refractivity contribution is -0.154. The van der Waals surface area contributed by atoms with Crippen LogP contribution in [0.25, 0.3) is 0 Å². The molecule has 3 rings (SSSR count). The molecular formula is C17H30N2O3. The number of rotatable bonds is 5. The van der Waals surface area contributed by atoms with Gasteiger partial charge in [-0.2, -0.15) is 0 Å². The maximum absolute atomic E-state index is 12.9. The van der Waals surface area contributed by atoms with Crippen molar-refractivity contribution >= 4 is 5.91 Å². The van der Waals surface area contributed by atoms with E-state index in [1.807, 2.05) is 0 Å². The summed E-state index contributed by atoms with van der Waals surface area (Å²) in [5.74, 6) is 0.975. The number of hydrogen-bond acceptors (Lipinski definition) is 4. The van der Waals surface area contributed by atoms with Crippen LogP contribution in [0, 0.1) is 11.3 Å². The number of piperidine rings is 1. The fraction of sp³-hybridized carbons (Fsp3) is 0.941. The molecule has 0 bridgehead atoms. The smallest absolute Gasteiger partial charge is 0.231 e. The first-order valence-corrected chi connectivity index (χ1v) is 8.82. The Morgan fingerprint density at radius 2 is 2.00 bits per heavy atom. The Morgan fingerprint density at radius 3 is 2.64 bits per heavy atom. The summed E-state index contributed by atoms with van der Waals surface area (Å²) in [5.41, 5.74) is -0.199. The Bertz CT molecular complexity index is 378. The topological polar surface area (TPSA) is 42.0 Å². The molecule has 22 heavy (non-hydrogen) atoms. The van der Waals surface area contributed by atoms with E-state index in [1.54, 1.807) is 7.11 Å². The molecule has 0 aromatic heterocycles. The molecule has 3 aliphatic rings. The second-order valence-electron chi connectivity index (χ2n) is 7.24. The van der Waals surface area contributed by atoms with Crippen molar-refractivity contribution in [3.63, 3.8) is 0 Å². The van der Waals surface area contributed by atoms with E-state index in [-0.39, 0.29) is 5.41 Å². The third-order valence-corrected chi connectivity index (χ3v) is 5.61. The third-order valence-electron chi connectivity index (χ3n) is 5.61. The fourth-order valence-corrected chi connectivity index (χ4v) is 4.18. The molecule has 0 spiro atoms. The minimum atomic E-state index is -0.199. The zero-order valence-corrected chi connectivity index (χ0v) is 13.9. The average molecular weight is 310 g/mol. The zero-order valence-electron chi connectivity index (χ0n) is 13.9. The quantitative estimate of drug-likeness (QED) is 0.769. The lowest BCUT2D eigenvalue weighted by Gasteiger charge is -2.45. The van der Waals surface area contributed by atoms with Gasteiger partial charge < -0.3 is 14.4 Å². The Labute approximate surface area is 133 Å². The van der Waals surface area contributed by atoms with E-state index in [9.17, 15) is 4.79 Å². The SMILES string of the molecule is COCC1(C(=O)N2CCC[C@@H](CN3CCOCC3)C2)CCC1. The Morgan fingerprint density at radius 1 is 1.23 bits per heavy atom. The van der Waals surface area contributed by atoms with E-state index in [0.717, 1.165) is 65.2 Å². The van der Waals surface area contributed by atoms with E-state index < -0.39 is 0 Å². The average Bonchev–Trinajstić information content (AvgIpc) is 2.51. The molecule has 5 heteroatoms. The molecule has 0 aromatic rings. The lowest BCUT2D eigenvalue weighted by atomic mass is 9.68. The maximum atomic E-state index is 12.9. The second-order valence-corrected chi connectivity index (χ2v) is 7.24. The molecule has 0 unspecified atom stereocenters. The summed E-state index contributed by atoms with van der Waals surface area (Å²) in [7, 11) is 1.71. The van der Waals surface area contributed by atoms with Crippen LogP contribution in [0.3, 0.4) is 0 Å². The third kappa shape index (κ3) is 3.47. The van der Waals surface area contributed by atoms with Crippen LogP contribution in [0.2, 0.25) is 0 Å². The van der Waals surface area contributed by atoms with E-state index in [0.29, 0.717) is 18.4 Å². The molecule has 0 N–H and O–H groups in total. The van der Waals surface area contributed by atoms with Gasteiger partial charge in [0.05, 0.1) is 25.2 Å². The van der Waals surface area contributed by atoms with Crippen molar-refractivity contribution in [1.82, 2.24) is 9.80 Å². The molecule has 2 heterocycles. The number of amides is 1. The van der Waals surface area contributed by atoms with E-state index in [2.05, 4.69) is 9.80 Å². The number of methoxy groups -OCH3 is 1. The Balaban J connectivity index is 1.54. The summed E-state index contributed by atoms with van der Waals surface area (Å²) in [4.78, 5) is 17.6. The summed E-state index contributed by atoms with van der Waals surface area (Å²) < 4.78 is 10.8. The Hall–Kier alpha value is -0.650. The lowest BCUT2D eigenvalue weighted by Crippen LogP contribution is -2.54. The fourth-order valence-electron chi connectivity index (χ4n) is 4.18. The highest BCUT2D eigenvalue weighted by Gasteiger charge is 2.47. The number of morpholine rings is 1. The first-order chi connectivity index (χ1) is 10.7. The Kier molecular flexibility index (Phi) is 5.37. The van der Waals surface area contributed by atoms with Gasteiger partial charge in [0, 0.05) is 39.8 Å². The van der Waals surface area contributed by atoms with Gasteiger partial charge in [-0.25, -0.2) is 0 Å². The van der Waals surface area contributed by atoms with Crippen LogP contribution in [0.1, 0.15) is 32.1 Å². The molecule has 0 aromatic carbocycles. The van der Waals surface area contributed by atoms with Crippen molar-refractivity contribution < 1.29 is 14.3 Å². The molecule has 1 amide bonds. The van der Waals surface area contributed by atoms with Crippen molar-refractivity contribution in [2.75, 3.05) is 59.7 Å². The number of carbonyl (C=O) groups excluding carboxylic acids is 1. The first kappa shape index (κ1) is 16.2. The van der Waals surface area contributed by atoms with Crippen LogP contribution in [0.5, 0.6) is 0 Å². The summed E-state index contributed by atoms with van der Waals surface area (Å²) in [5, 5.41) is 0. The van der Waals surface area contributed by atoms with E-state index in [4.69, 9.17) is 9.47 Å². The maximum Gasteiger partial charge on any atom is 0.231 e. The van der Waals surface area contributed by atoms with Crippen molar-refractivity contribution in [2.45, 2.75) is 32.1 Å². The van der Waals surface area contributed by atoms with Gasteiger partial charge in [-0.3, -0.25) is 9.69 Å². The van der Waals surface area contributed by atoms with Crippen LogP contribution in [0.15, 0.2) is 0 Å². The van der Waals surface area contributed by atoms with Crippen molar-refractivity contribution in [1.29, 1.82) is 0 Å². The predicted octanol–water partition coefficient (Wildman–Crippen LogP) is 1.37. The molecule has 5 nitrogen and oxygen atoms in total. The minimum Gasteiger partial charge on any atom is -0.384 e. The van der Waals surface area contributed by atoms with Gasteiger partial charge in [-0.1, -0.05) is 6.42 Å². The standard InChI is InChI=1S/C17H30N2O3/c1-21-14-17(5-3-6-17)16(20)19-7-2-4-15(13-19)12-18-8-10-22-11-9-18/h15H,2-14H2,1H3/t15-/m0/s1. The van der Waals surface area contributed by atoms with Crippen molar-refractivity contribution in [3.05, 3.63) is 0 Å². The summed E-state index contributed by atoms with van der Waals surface area (Å²) in [6, 6.07) is 0. The van der Waals surface area contributed by atoms with E-state index in [1.165, 1.54) is 12.8 Å². The van der Waals surface area contributed by atoms with Crippen LogP contribution in [-0.4, -0.2) is 75.4 Å². The van der Waals surface area contributed by atoms with Crippen molar-refractivity contribution in [3.8, 4) is 0 Å². The van der Waals surface area contributed by atoms with Gasteiger partial charge in [0.25, 0.3) is 0 Å². The number of likely N-dealkylation sites (tertiary alicyclic amines) is 1. The van der Waals surface area contributed by atoms with Crippen molar-refractivity contribution in [2.24, 2.45) is 11.3 Å². The number of carbonyl (C=O) groups is 1. The highest BCUT2D eigenvalue weighted by molar-refractivity contribution is 5.84. The summed E-state index contributed by atoms with van der Waals surface area (Å²) in [6.45, 7) is 7.36. The zero-order chi connectivity index (χ0) is 15.4. The van der Waals surface area contributed by atoms with Gasteiger partial charge in [0.15, 0.2) is 0 Å². The van der Waals surface area contributed by atoms with Crippen LogP contribution < -0.4 is 0 Å². The van der Waals surface area contributed by atoms with Gasteiger partial charge in [-0.15, -0.1) is 0 Å². The van der Waals surface area contributed by atoms with Crippen LogP contribution in [0.4, 0.5) is 0 Å². The summed E-state index contributed by atoms with van der Waals surface area (Å²) >= 11 is 0. The number of nitrogens with zero attached hydrogens (tertiary/aromatic N) is 2. The molecule has 2 aliphatic heterocycles. The number of hydrogen-bond donors (Lipinski definition) is 0. The predicted molar refractivity (Wildman–Crippen MR) is 84.7 cm³/mol. The number of ether oxygens (including phenoxy) is 2. The highest BCUT2D eigenvalue weighted by atomic mass is 16.5. The van der Waals surface area contributed by atoms with Gasteiger partial charge >= 0.3 is 0 Å². The van der Waals surface area contributed by atoms with Gasteiger partial charge in [0.2, 0.25) is 5.91 Å². The van der Waals surface area contributed by atoms with Crippen LogP contribution in [-0.2, 0) is 14.3 Å². The minimum absolute atomic E-state index is 0.199. The molecule has 3 fully saturated rings. The second kappa shape index (κ2) is 7.28. The highest BCUT2D eigenvalue weighted by Crippen LogP contribution is 2.43. The van der Waals surface area contributed by atoms with E-state index >= 15 is 0 Å². The normalized spacial score (nSPS) is 29.1. The molecule has 126 valence electrons. The monoisotopic (exact) mass is 310 g/mol. The summed E-state index contributed by atoms with van der Waals surface area (Å²) in [6.07, 6.45) is 5.57. The molecule has 1 aliphatic carbocycles. The molecule has 1 atom stereocenters. The largest absolute Gasteiger partial charge is 0.384 e. The molecule has 1 saturated carbocycles. The van der Waals surface area contributed by atoms with Gasteiger partial charge in [-0.05, 0) is 31.6 Å². The first-order valence-electron chi connectivity index (χ1n) is 8.82. The molecular weight excluding hydrogens is 280 g/mol. The van der Waals surface area contributed by atoms with Gasteiger partial charge in [0.1, 0.15) is 0 Å². The molecule has 2 saturated heterocycles. The molecule has 0 radical (unpaired) electrons.